The van der Waals surface area contributed by atoms with Gasteiger partial charge in [-0.25, -0.2) is 0 Å². The van der Waals surface area contributed by atoms with E-state index in [-0.39, 0.29) is 18.4 Å². The van der Waals surface area contributed by atoms with Crippen LogP contribution in [0.25, 0.3) is 0 Å². The molecule has 0 saturated heterocycles. The molecule has 0 radical (unpaired) electrons. The first-order valence-corrected chi connectivity index (χ1v) is 5.50. The Hall–Kier alpha value is -0.530. The van der Waals surface area contributed by atoms with Gasteiger partial charge in [-0.05, 0) is 23.5 Å². The Morgan fingerprint density at radius 1 is 1.07 bits per heavy atom. The van der Waals surface area contributed by atoms with E-state index in [1.807, 2.05) is 0 Å². The van der Waals surface area contributed by atoms with Crippen molar-refractivity contribution in [2.24, 2.45) is 5.73 Å². The van der Waals surface area contributed by atoms with E-state index in [0.29, 0.717) is 5.92 Å². The molecule has 1 aromatic carbocycles. The van der Waals surface area contributed by atoms with Crippen LogP contribution in [0.15, 0.2) is 24.3 Å². The van der Waals surface area contributed by atoms with Gasteiger partial charge in [-0.15, -0.1) is 12.4 Å². The Kier molecular flexibility index (Phi) is 6.62. The van der Waals surface area contributed by atoms with E-state index >= 15 is 0 Å². The Balaban J connectivity index is 0.00000196. The summed E-state index contributed by atoms with van der Waals surface area (Å²) in [7, 11) is 0. The molecule has 86 valence electrons. The van der Waals surface area contributed by atoms with Gasteiger partial charge < -0.3 is 5.73 Å². The number of hydrogen-bond donors (Lipinski definition) is 1. The monoisotopic (exact) mass is 227 g/mol. The number of rotatable bonds is 4. The van der Waals surface area contributed by atoms with Crippen LogP contribution in [-0.4, -0.2) is 0 Å². The van der Waals surface area contributed by atoms with Crippen molar-refractivity contribution in [1.82, 2.24) is 0 Å². The molecule has 0 amide bonds. The summed E-state index contributed by atoms with van der Waals surface area (Å²) in [6, 6.07) is 8.91. The molecule has 0 fully saturated rings. The fraction of sp³-hybridized carbons (Fsp3) is 0.538. The van der Waals surface area contributed by atoms with Crippen molar-refractivity contribution in [1.29, 1.82) is 0 Å². The second kappa shape index (κ2) is 6.86. The maximum atomic E-state index is 6.03. The van der Waals surface area contributed by atoms with Crippen LogP contribution in [0.5, 0.6) is 0 Å². The second-order valence-corrected chi connectivity index (χ2v) is 4.22. The summed E-state index contributed by atoms with van der Waals surface area (Å²) >= 11 is 0. The average Bonchev–Trinajstić information content (AvgIpc) is 2.18. The van der Waals surface area contributed by atoms with Crippen molar-refractivity contribution in [3.63, 3.8) is 0 Å². The zero-order valence-electron chi connectivity index (χ0n) is 9.86. The van der Waals surface area contributed by atoms with Gasteiger partial charge in [0.1, 0.15) is 0 Å². The summed E-state index contributed by atoms with van der Waals surface area (Å²) in [4.78, 5) is 0. The Labute approximate surface area is 99.5 Å². The quantitative estimate of drug-likeness (QED) is 0.826. The SMILES string of the molecule is CCC[C@@H](N)c1ccc(C(C)C)cc1.Cl. The van der Waals surface area contributed by atoms with Crippen LogP contribution >= 0.6 is 12.4 Å². The van der Waals surface area contributed by atoms with Gasteiger partial charge in [0, 0.05) is 6.04 Å². The lowest BCUT2D eigenvalue weighted by Gasteiger charge is -2.12. The molecule has 1 aromatic rings. The summed E-state index contributed by atoms with van der Waals surface area (Å²) < 4.78 is 0. The first-order valence-electron chi connectivity index (χ1n) is 5.50. The third-order valence-corrected chi connectivity index (χ3v) is 2.63. The molecule has 2 heteroatoms. The predicted molar refractivity (Wildman–Crippen MR) is 69.6 cm³/mol. The summed E-state index contributed by atoms with van der Waals surface area (Å²) in [6.45, 7) is 6.59. The standard InChI is InChI=1S/C13H21N.ClH/c1-4-5-13(14)12-8-6-11(7-9-12)10(2)3;/h6-10,13H,4-5,14H2,1-3H3;1H/t13-;/m1./s1. The van der Waals surface area contributed by atoms with Gasteiger partial charge >= 0.3 is 0 Å². The van der Waals surface area contributed by atoms with Gasteiger partial charge in [-0.2, -0.15) is 0 Å². The van der Waals surface area contributed by atoms with Crippen molar-refractivity contribution < 1.29 is 0 Å². The minimum Gasteiger partial charge on any atom is -0.324 e. The molecular formula is C13H22ClN. The predicted octanol–water partition coefficient (Wildman–Crippen LogP) is 4.03. The molecule has 0 unspecified atom stereocenters. The zero-order valence-corrected chi connectivity index (χ0v) is 10.7. The molecule has 15 heavy (non-hydrogen) atoms. The van der Waals surface area contributed by atoms with E-state index in [2.05, 4.69) is 45.0 Å². The van der Waals surface area contributed by atoms with Crippen LogP contribution in [0.4, 0.5) is 0 Å². The summed E-state index contributed by atoms with van der Waals surface area (Å²) in [6.07, 6.45) is 2.22. The highest BCUT2D eigenvalue weighted by Gasteiger charge is 2.05. The number of nitrogens with two attached hydrogens (primary N) is 1. The van der Waals surface area contributed by atoms with Crippen LogP contribution in [0.2, 0.25) is 0 Å². The Bertz CT molecular complexity index is 266. The Morgan fingerprint density at radius 3 is 1.93 bits per heavy atom. The van der Waals surface area contributed by atoms with Crippen molar-refractivity contribution in [3.05, 3.63) is 35.4 Å². The molecule has 0 aliphatic heterocycles. The van der Waals surface area contributed by atoms with Crippen molar-refractivity contribution in [3.8, 4) is 0 Å². The summed E-state index contributed by atoms with van der Waals surface area (Å²) in [5.41, 5.74) is 8.68. The summed E-state index contributed by atoms with van der Waals surface area (Å²) in [5.74, 6) is 0.603. The maximum absolute atomic E-state index is 6.03. The van der Waals surface area contributed by atoms with Crippen LogP contribution in [0, 0.1) is 0 Å². The molecule has 0 heterocycles. The van der Waals surface area contributed by atoms with Gasteiger partial charge in [0.15, 0.2) is 0 Å². The van der Waals surface area contributed by atoms with Crippen LogP contribution < -0.4 is 5.73 Å². The largest absolute Gasteiger partial charge is 0.324 e. The maximum Gasteiger partial charge on any atom is 0.0294 e. The lowest BCUT2D eigenvalue weighted by atomic mass is 9.98. The topological polar surface area (TPSA) is 26.0 Å². The highest BCUT2D eigenvalue weighted by Crippen LogP contribution is 2.19. The molecule has 2 N–H and O–H groups in total. The summed E-state index contributed by atoms with van der Waals surface area (Å²) in [5, 5.41) is 0. The van der Waals surface area contributed by atoms with Gasteiger partial charge in [0.2, 0.25) is 0 Å². The zero-order chi connectivity index (χ0) is 10.6. The second-order valence-electron chi connectivity index (χ2n) is 4.22. The number of hydrogen-bond acceptors (Lipinski definition) is 1. The van der Waals surface area contributed by atoms with Gasteiger partial charge in [0.05, 0.1) is 0 Å². The molecule has 1 rings (SSSR count). The average molecular weight is 228 g/mol. The Morgan fingerprint density at radius 2 is 1.53 bits per heavy atom. The van der Waals surface area contributed by atoms with Gasteiger partial charge in [-0.3, -0.25) is 0 Å². The van der Waals surface area contributed by atoms with Gasteiger partial charge in [-0.1, -0.05) is 51.5 Å². The molecule has 0 aliphatic rings. The highest BCUT2D eigenvalue weighted by molar-refractivity contribution is 5.85. The van der Waals surface area contributed by atoms with E-state index in [1.165, 1.54) is 11.1 Å². The van der Waals surface area contributed by atoms with Crippen LogP contribution in [0.3, 0.4) is 0 Å². The van der Waals surface area contributed by atoms with Crippen LogP contribution in [0.1, 0.15) is 56.7 Å². The highest BCUT2D eigenvalue weighted by atomic mass is 35.5. The van der Waals surface area contributed by atoms with E-state index in [9.17, 15) is 0 Å². The number of benzene rings is 1. The van der Waals surface area contributed by atoms with E-state index in [4.69, 9.17) is 5.73 Å². The molecular weight excluding hydrogens is 206 g/mol. The fourth-order valence-corrected chi connectivity index (χ4v) is 1.61. The van der Waals surface area contributed by atoms with E-state index < -0.39 is 0 Å². The first kappa shape index (κ1) is 14.5. The minimum atomic E-state index is 0. The fourth-order valence-electron chi connectivity index (χ4n) is 1.61. The third-order valence-electron chi connectivity index (χ3n) is 2.63. The molecule has 1 atom stereocenters. The van der Waals surface area contributed by atoms with E-state index in [0.717, 1.165) is 12.8 Å². The minimum absolute atomic E-state index is 0. The van der Waals surface area contributed by atoms with Crippen molar-refractivity contribution >= 4 is 12.4 Å². The third kappa shape index (κ3) is 4.23. The van der Waals surface area contributed by atoms with Gasteiger partial charge in [0.25, 0.3) is 0 Å². The van der Waals surface area contributed by atoms with Crippen molar-refractivity contribution in [2.45, 2.75) is 45.6 Å². The molecule has 1 nitrogen and oxygen atoms in total. The number of halogens is 1. The molecule has 0 bridgehead atoms. The van der Waals surface area contributed by atoms with E-state index in [1.54, 1.807) is 0 Å². The van der Waals surface area contributed by atoms with Crippen LogP contribution in [-0.2, 0) is 0 Å². The lowest BCUT2D eigenvalue weighted by molar-refractivity contribution is 0.638. The van der Waals surface area contributed by atoms with Crippen molar-refractivity contribution in [2.75, 3.05) is 0 Å². The molecule has 0 aromatic heterocycles. The molecule has 0 saturated carbocycles. The molecule has 0 aliphatic carbocycles. The lowest BCUT2D eigenvalue weighted by Crippen LogP contribution is -2.09. The first-order chi connectivity index (χ1) is 6.65. The molecule has 0 spiro atoms. The normalized spacial score (nSPS) is 12.3. The smallest absolute Gasteiger partial charge is 0.0294 e.